The Balaban J connectivity index is 1.77. The first-order valence-electron chi connectivity index (χ1n) is 8.81. The number of hydrogen-bond donors (Lipinski definition) is 1. The average Bonchev–Trinajstić information content (AvgIpc) is 2.57. The van der Waals surface area contributed by atoms with Crippen LogP contribution in [-0.2, 0) is 13.1 Å². The average molecular weight is 320 g/mol. The minimum absolute atomic E-state index is 0.183. The van der Waals surface area contributed by atoms with Crippen LogP contribution in [0.2, 0.25) is 0 Å². The lowest BCUT2D eigenvalue weighted by molar-refractivity contribution is 0.0773. The maximum absolute atomic E-state index is 10.5. The van der Waals surface area contributed by atoms with Gasteiger partial charge in [-0.25, -0.2) is 0 Å². The standard InChI is InChI=1S/C18H28N2O3/c1-3-5-7-19-10-14-9-15-11-20(8-6-4-2)13-23-18(15)16(21)17(14)22-12-19/h9,21H,3-8,10-13H2,1-2H3. The van der Waals surface area contributed by atoms with E-state index >= 15 is 0 Å². The molecule has 1 aromatic rings. The first kappa shape index (κ1) is 16.4. The molecule has 1 N–H and O–H groups in total. The van der Waals surface area contributed by atoms with E-state index in [1.54, 1.807) is 0 Å². The fourth-order valence-corrected chi connectivity index (χ4v) is 3.24. The van der Waals surface area contributed by atoms with E-state index < -0.39 is 0 Å². The molecule has 0 atom stereocenters. The van der Waals surface area contributed by atoms with Gasteiger partial charge in [0, 0.05) is 37.3 Å². The normalized spacial score (nSPS) is 18.0. The van der Waals surface area contributed by atoms with Crippen molar-refractivity contribution in [2.24, 2.45) is 0 Å². The van der Waals surface area contributed by atoms with Gasteiger partial charge in [-0.1, -0.05) is 26.7 Å². The molecule has 0 aliphatic carbocycles. The molecule has 0 amide bonds. The van der Waals surface area contributed by atoms with Gasteiger partial charge in [0.05, 0.1) is 0 Å². The van der Waals surface area contributed by atoms with Crippen molar-refractivity contribution < 1.29 is 14.6 Å². The second-order valence-electron chi connectivity index (χ2n) is 6.56. The Morgan fingerprint density at radius 1 is 0.913 bits per heavy atom. The summed E-state index contributed by atoms with van der Waals surface area (Å²) in [4.78, 5) is 4.58. The maximum Gasteiger partial charge on any atom is 0.201 e. The molecule has 5 nitrogen and oxygen atoms in total. The molecule has 0 radical (unpaired) electrons. The lowest BCUT2D eigenvalue weighted by Crippen LogP contribution is -2.35. The number of benzene rings is 1. The van der Waals surface area contributed by atoms with Crippen LogP contribution in [0.4, 0.5) is 0 Å². The van der Waals surface area contributed by atoms with Crippen LogP contribution < -0.4 is 9.47 Å². The van der Waals surface area contributed by atoms with E-state index in [-0.39, 0.29) is 5.75 Å². The highest BCUT2D eigenvalue weighted by atomic mass is 16.5. The van der Waals surface area contributed by atoms with Crippen molar-refractivity contribution in [3.8, 4) is 17.2 Å². The Morgan fingerprint density at radius 2 is 1.39 bits per heavy atom. The third-order valence-electron chi connectivity index (χ3n) is 4.59. The van der Waals surface area contributed by atoms with Crippen LogP contribution >= 0.6 is 0 Å². The van der Waals surface area contributed by atoms with Crippen molar-refractivity contribution in [1.29, 1.82) is 0 Å². The van der Waals surface area contributed by atoms with Gasteiger partial charge in [-0.15, -0.1) is 0 Å². The molecule has 0 saturated carbocycles. The highest BCUT2D eigenvalue weighted by molar-refractivity contribution is 5.59. The summed E-state index contributed by atoms with van der Waals surface area (Å²) in [5, 5.41) is 10.5. The van der Waals surface area contributed by atoms with Gasteiger partial charge in [-0.2, -0.15) is 0 Å². The summed E-state index contributed by atoms with van der Waals surface area (Å²) in [5.74, 6) is 1.40. The van der Waals surface area contributed by atoms with Gasteiger partial charge in [0.15, 0.2) is 11.5 Å². The molecule has 2 aliphatic heterocycles. The number of ether oxygens (including phenoxy) is 2. The van der Waals surface area contributed by atoms with Gasteiger partial charge in [0.25, 0.3) is 0 Å². The molecule has 0 spiro atoms. The first-order valence-corrected chi connectivity index (χ1v) is 8.81. The lowest BCUT2D eigenvalue weighted by atomic mass is 10.0. The molecule has 128 valence electrons. The minimum atomic E-state index is 0.183. The molecular weight excluding hydrogens is 292 g/mol. The number of aromatic hydroxyl groups is 1. The van der Waals surface area contributed by atoms with Crippen LogP contribution in [0.1, 0.15) is 50.7 Å². The highest BCUT2D eigenvalue weighted by Gasteiger charge is 2.28. The smallest absolute Gasteiger partial charge is 0.201 e. The molecule has 2 heterocycles. The zero-order valence-electron chi connectivity index (χ0n) is 14.3. The van der Waals surface area contributed by atoms with Crippen molar-refractivity contribution in [1.82, 2.24) is 9.80 Å². The van der Waals surface area contributed by atoms with Gasteiger partial charge < -0.3 is 14.6 Å². The molecule has 1 aromatic carbocycles. The number of unbranched alkanes of at least 4 members (excludes halogenated alkanes) is 2. The fourth-order valence-electron chi connectivity index (χ4n) is 3.24. The first-order chi connectivity index (χ1) is 11.2. The number of rotatable bonds is 6. The molecule has 2 aliphatic rings. The predicted octanol–water partition coefficient (Wildman–Crippen LogP) is 3.30. The van der Waals surface area contributed by atoms with E-state index in [9.17, 15) is 5.11 Å². The highest BCUT2D eigenvalue weighted by Crippen LogP contribution is 2.45. The van der Waals surface area contributed by atoms with Crippen LogP contribution in [0.25, 0.3) is 0 Å². The predicted molar refractivity (Wildman–Crippen MR) is 89.7 cm³/mol. The number of fused-ring (bicyclic) bond motifs is 2. The van der Waals surface area contributed by atoms with E-state index in [0.717, 1.165) is 37.3 Å². The molecule has 3 rings (SSSR count). The van der Waals surface area contributed by atoms with Crippen molar-refractivity contribution in [3.63, 3.8) is 0 Å². The summed E-state index contributed by atoms with van der Waals surface area (Å²) in [6.07, 6.45) is 4.70. The minimum Gasteiger partial charge on any atom is -0.502 e. The zero-order valence-corrected chi connectivity index (χ0v) is 14.3. The van der Waals surface area contributed by atoms with Crippen molar-refractivity contribution in [2.45, 2.75) is 52.6 Å². The van der Waals surface area contributed by atoms with Crippen LogP contribution in [-0.4, -0.2) is 41.5 Å². The fraction of sp³-hybridized carbons (Fsp3) is 0.667. The Bertz CT molecular complexity index is 503. The quantitative estimate of drug-likeness (QED) is 0.871. The third-order valence-corrected chi connectivity index (χ3v) is 4.59. The molecule has 0 aromatic heterocycles. The lowest BCUT2D eigenvalue weighted by Gasteiger charge is -2.33. The Labute approximate surface area is 138 Å². The molecular formula is C18H28N2O3. The molecule has 0 unspecified atom stereocenters. The van der Waals surface area contributed by atoms with Crippen LogP contribution in [0.3, 0.4) is 0 Å². The van der Waals surface area contributed by atoms with Crippen molar-refractivity contribution >= 4 is 0 Å². The molecule has 0 fully saturated rings. The number of phenols is 1. The van der Waals surface area contributed by atoms with Crippen molar-refractivity contribution in [2.75, 3.05) is 26.6 Å². The van der Waals surface area contributed by atoms with E-state index in [4.69, 9.17) is 9.47 Å². The largest absolute Gasteiger partial charge is 0.502 e. The van der Waals surface area contributed by atoms with E-state index in [0.29, 0.717) is 25.0 Å². The summed E-state index contributed by atoms with van der Waals surface area (Å²) >= 11 is 0. The molecule has 23 heavy (non-hydrogen) atoms. The zero-order chi connectivity index (χ0) is 16.2. The second-order valence-corrected chi connectivity index (χ2v) is 6.56. The Morgan fingerprint density at radius 3 is 1.83 bits per heavy atom. The summed E-state index contributed by atoms with van der Waals surface area (Å²) < 4.78 is 11.6. The van der Waals surface area contributed by atoms with Crippen molar-refractivity contribution in [3.05, 3.63) is 17.2 Å². The van der Waals surface area contributed by atoms with Crippen LogP contribution in [0.5, 0.6) is 17.2 Å². The summed E-state index contributed by atoms with van der Waals surface area (Å²) in [7, 11) is 0. The number of phenolic OH excluding ortho intramolecular Hbond substituents is 1. The summed E-state index contributed by atoms with van der Waals surface area (Å²) in [6, 6.07) is 2.15. The molecule has 5 heteroatoms. The summed E-state index contributed by atoms with van der Waals surface area (Å²) in [5.41, 5.74) is 2.15. The maximum atomic E-state index is 10.5. The molecule has 0 saturated heterocycles. The van der Waals surface area contributed by atoms with E-state index in [1.807, 2.05) is 0 Å². The van der Waals surface area contributed by atoms with Gasteiger partial charge in [-0.05, 0) is 18.9 Å². The van der Waals surface area contributed by atoms with Gasteiger partial charge in [0.1, 0.15) is 13.5 Å². The number of nitrogens with zero attached hydrogens (tertiary/aromatic N) is 2. The van der Waals surface area contributed by atoms with E-state index in [2.05, 4.69) is 29.7 Å². The van der Waals surface area contributed by atoms with Crippen LogP contribution in [0, 0.1) is 0 Å². The molecule has 0 bridgehead atoms. The second kappa shape index (κ2) is 7.41. The Kier molecular flexibility index (Phi) is 5.28. The summed E-state index contributed by atoms with van der Waals surface area (Å²) in [6.45, 7) is 9.23. The van der Waals surface area contributed by atoms with E-state index in [1.165, 1.54) is 25.7 Å². The number of hydrogen-bond acceptors (Lipinski definition) is 5. The van der Waals surface area contributed by atoms with Gasteiger partial charge in [-0.3, -0.25) is 9.80 Å². The van der Waals surface area contributed by atoms with Gasteiger partial charge in [0.2, 0.25) is 5.75 Å². The topological polar surface area (TPSA) is 45.2 Å². The Hall–Kier alpha value is -1.46. The van der Waals surface area contributed by atoms with Crippen LogP contribution in [0.15, 0.2) is 6.07 Å². The third kappa shape index (κ3) is 3.56. The SMILES string of the molecule is CCCCN1COc2c(cc3c(c2O)OCN(CCCC)C3)C1. The van der Waals surface area contributed by atoms with Gasteiger partial charge >= 0.3 is 0 Å². The monoisotopic (exact) mass is 320 g/mol.